The zero-order valence-corrected chi connectivity index (χ0v) is 17.1. The number of nitrogens with two attached hydrogens (primary N) is 1. The summed E-state index contributed by atoms with van der Waals surface area (Å²) in [6.45, 7) is 5.75. The van der Waals surface area contributed by atoms with Crippen LogP contribution in [0.15, 0.2) is 11.8 Å². The number of carboxylic acid groups (broad SMARTS) is 1. The third-order valence-corrected chi connectivity index (χ3v) is 4.37. The van der Waals surface area contributed by atoms with E-state index in [1.807, 2.05) is 0 Å². The molecule has 0 aliphatic carbocycles. The van der Waals surface area contributed by atoms with E-state index in [0.29, 0.717) is 6.42 Å². The summed E-state index contributed by atoms with van der Waals surface area (Å²) in [4.78, 5) is 35.4. The molecule has 2 amide bonds. The van der Waals surface area contributed by atoms with Crippen molar-refractivity contribution in [3.05, 3.63) is 11.8 Å². The van der Waals surface area contributed by atoms with E-state index in [1.54, 1.807) is 6.92 Å². The van der Waals surface area contributed by atoms with E-state index in [0.717, 1.165) is 44.9 Å². The second-order valence-electron chi connectivity index (χ2n) is 6.98. The summed E-state index contributed by atoms with van der Waals surface area (Å²) in [5.74, 6) is -1.76. The molecule has 2 atom stereocenters. The van der Waals surface area contributed by atoms with Crippen molar-refractivity contribution in [1.82, 2.24) is 10.6 Å². The Morgan fingerprint density at radius 2 is 1.56 bits per heavy atom. The van der Waals surface area contributed by atoms with Gasteiger partial charge in [-0.05, 0) is 19.8 Å². The van der Waals surface area contributed by atoms with Crippen molar-refractivity contribution in [2.45, 2.75) is 97.1 Å². The summed E-state index contributed by atoms with van der Waals surface area (Å²) >= 11 is 0. The first-order valence-electron chi connectivity index (χ1n) is 10.1. The number of carbonyl (C=O) groups excluding carboxylic acids is 2. The molecule has 2 unspecified atom stereocenters. The van der Waals surface area contributed by atoms with Gasteiger partial charge >= 0.3 is 5.97 Å². The van der Waals surface area contributed by atoms with Gasteiger partial charge in [-0.25, -0.2) is 4.79 Å². The van der Waals surface area contributed by atoms with Crippen LogP contribution < -0.4 is 16.4 Å². The molecule has 0 rings (SSSR count). The number of unbranched alkanes of at least 4 members (excludes halogenated alkanes) is 4. The summed E-state index contributed by atoms with van der Waals surface area (Å²) in [5, 5.41) is 14.3. The summed E-state index contributed by atoms with van der Waals surface area (Å²) < 4.78 is 0. The van der Waals surface area contributed by atoms with Crippen LogP contribution in [0.1, 0.15) is 85.0 Å². The van der Waals surface area contributed by atoms with E-state index >= 15 is 0 Å². The highest BCUT2D eigenvalue weighted by Gasteiger charge is 2.19. The number of rotatable bonds is 15. The lowest BCUT2D eigenvalue weighted by atomic mass is 10.0. The van der Waals surface area contributed by atoms with Gasteiger partial charge in [0.05, 0.1) is 0 Å². The van der Waals surface area contributed by atoms with Gasteiger partial charge in [0.15, 0.2) is 0 Å². The quantitative estimate of drug-likeness (QED) is 0.256. The molecule has 0 saturated heterocycles. The molecule has 0 aromatic carbocycles. The predicted octanol–water partition coefficient (Wildman–Crippen LogP) is 2.84. The topological polar surface area (TPSA) is 122 Å². The Bertz CT molecular complexity index is 492. The summed E-state index contributed by atoms with van der Waals surface area (Å²) in [6, 6.07) is -0.498. The minimum Gasteiger partial charge on any atom is -0.477 e. The average molecular weight is 384 g/mol. The van der Waals surface area contributed by atoms with Crippen LogP contribution in [-0.2, 0) is 14.4 Å². The number of allylic oxidation sites excluding steroid dienone is 1. The van der Waals surface area contributed by atoms with Gasteiger partial charge in [-0.15, -0.1) is 0 Å². The standard InChI is InChI=1S/C20H37N3O4/c1-4-7-9-11-15(21)13-18(24)22-16(12-10-8-5-2)14-19(25)23-17(6-3)20(26)27/h6,15-16H,4-5,7-14,21H2,1-3H3,(H,22,24)(H,23,25)(H,26,27). The molecule has 0 aromatic heterocycles. The molecule has 0 bridgehead atoms. The molecule has 7 nitrogen and oxygen atoms in total. The highest BCUT2D eigenvalue weighted by molar-refractivity contribution is 5.92. The van der Waals surface area contributed by atoms with Crippen LogP contribution in [0, 0.1) is 0 Å². The van der Waals surface area contributed by atoms with Crippen molar-refractivity contribution in [3.8, 4) is 0 Å². The second-order valence-corrected chi connectivity index (χ2v) is 6.98. The van der Waals surface area contributed by atoms with Crippen LogP contribution in [0.25, 0.3) is 0 Å². The van der Waals surface area contributed by atoms with Gasteiger partial charge in [0.2, 0.25) is 11.8 Å². The van der Waals surface area contributed by atoms with Crippen LogP contribution in [0.3, 0.4) is 0 Å². The van der Waals surface area contributed by atoms with E-state index in [9.17, 15) is 14.4 Å². The molecule has 0 saturated carbocycles. The summed E-state index contributed by atoms with van der Waals surface area (Å²) in [7, 11) is 0. The SMILES string of the molecule is CC=C(NC(=O)CC(CCCCC)NC(=O)CC(N)CCCCC)C(=O)O. The molecule has 27 heavy (non-hydrogen) atoms. The van der Waals surface area contributed by atoms with Crippen molar-refractivity contribution in [3.63, 3.8) is 0 Å². The molecular weight excluding hydrogens is 346 g/mol. The molecule has 156 valence electrons. The third kappa shape index (κ3) is 13.0. The smallest absolute Gasteiger partial charge is 0.352 e. The van der Waals surface area contributed by atoms with Crippen molar-refractivity contribution in [2.24, 2.45) is 5.73 Å². The number of carboxylic acids is 1. The van der Waals surface area contributed by atoms with Crippen molar-refractivity contribution in [1.29, 1.82) is 0 Å². The fraction of sp³-hybridized carbons (Fsp3) is 0.750. The Morgan fingerprint density at radius 1 is 0.963 bits per heavy atom. The minimum atomic E-state index is -1.18. The first-order valence-corrected chi connectivity index (χ1v) is 10.1. The van der Waals surface area contributed by atoms with E-state index in [2.05, 4.69) is 24.5 Å². The normalized spacial score (nSPS) is 13.7. The monoisotopic (exact) mass is 383 g/mol. The molecular formula is C20H37N3O4. The van der Waals surface area contributed by atoms with Crippen molar-refractivity contribution < 1.29 is 19.5 Å². The Labute approximate surface area is 163 Å². The largest absolute Gasteiger partial charge is 0.477 e. The molecule has 0 spiro atoms. The first-order chi connectivity index (χ1) is 12.8. The van der Waals surface area contributed by atoms with Crippen molar-refractivity contribution in [2.75, 3.05) is 0 Å². The Morgan fingerprint density at radius 3 is 2.07 bits per heavy atom. The Hall–Kier alpha value is -1.89. The molecule has 0 fully saturated rings. The molecule has 0 aliphatic heterocycles. The zero-order chi connectivity index (χ0) is 20.7. The highest BCUT2D eigenvalue weighted by Crippen LogP contribution is 2.09. The summed E-state index contributed by atoms with van der Waals surface area (Å²) in [5.41, 5.74) is 5.86. The van der Waals surface area contributed by atoms with Crippen LogP contribution in [0.4, 0.5) is 0 Å². The van der Waals surface area contributed by atoms with Gasteiger partial charge in [0, 0.05) is 24.9 Å². The number of aliphatic carboxylic acids is 1. The van der Waals surface area contributed by atoms with E-state index < -0.39 is 11.9 Å². The lowest BCUT2D eigenvalue weighted by Crippen LogP contribution is -2.41. The first kappa shape index (κ1) is 25.1. The van der Waals surface area contributed by atoms with Gasteiger partial charge < -0.3 is 21.5 Å². The fourth-order valence-corrected chi connectivity index (χ4v) is 2.82. The molecule has 7 heteroatoms. The van der Waals surface area contributed by atoms with Gasteiger partial charge in [0.25, 0.3) is 0 Å². The van der Waals surface area contributed by atoms with Gasteiger partial charge in [-0.1, -0.05) is 58.4 Å². The van der Waals surface area contributed by atoms with E-state index in [1.165, 1.54) is 6.08 Å². The molecule has 0 aliphatic rings. The maximum absolute atomic E-state index is 12.3. The number of hydrogen-bond donors (Lipinski definition) is 4. The number of hydrogen-bond acceptors (Lipinski definition) is 4. The van der Waals surface area contributed by atoms with Gasteiger partial charge in [0.1, 0.15) is 5.70 Å². The maximum Gasteiger partial charge on any atom is 0.352 e. The van der Waals surface area contributed by atoms with Gasteiger partial charge in [-0.3, -0.25) is 9.59 Å². The number of nitrogens with one attached hydrogen (secondary N) is 2. The lowest BCUT2D eigenvalue weighted by molar-refractivity contribution is -0.135. The zero-order valence-electron chi connectivity index (χ0n) is 17.1. The van der Waals surface area contributed by atoms with Crippen LogP contribution in [0.5, 0.6) is 0 Å². The number of amides is 2. The van der Waals surface area contributed by atoms with Gasteiger partial charge in [-0.2, -0.15) is 0 Å². The molecule has 0 radical (unpaired) electrons. The number of carbonyl (C=O) groups is 3. The van der Waals surface area contributed by atoms with E-state index in [-0.39, 0.29) is 36.5 Å². The Kier molecular flexibility index (Phi) is 14.1. The molecule has 0 aromatic rings. The Balaban J connectivity index is 4.62. The van der Waals surface area contributed by atoms with Crippen molar-refractivity contribution >= 4 is 17.8 Å². The third-order valence-electron chi connectivity index (χ3n) is 4.37. The van der Waals surface area contributed by atoms with E-state index in [4.69, 9.17) is 10.8 Å². The average Bonchev–Trinajstić information content (AvgIpc) is 2.59. The summed E-state index contributed by atoms with van der Waals surface area (Å²) in [6.07, 6.45) is 9.28. The molecule has 0 heterocycles. The maximum atomic E-state index is 12.3. The van der Waals surface area contributed by atoms with Crippen LogP contribution in [-0.4, -0.2) is 35.0 Å². The molecule has 5 N–H and O–H groups in total. The predicted molar refractivity (Wildman–Crippen MR) is 107 cm³/mol. The fourth-order valence-electron chi connectivity index (χ4n) is 2.82. The second kappa shape index (κ2) is 15.2. The lowest BCUT2D eigenvalue weighted by Gasteiger charge is -2.20. The van der Waals surface area contributed by atoms with Crippen LogP contribution in [0.2, 0.25) is 0 Å². The van der Waals surface area contributed by atoms with Crippen LogP contribution >= 0.6 is 0 Å². The highest BCUT2D eigenvalue weighted by atomic mass is 16.4. The minimum absolute atomic E-state index is 0.0468.